The van der Waals surface area contributed by atoms with E-state index in [0.717, 1.165) is 5.56 Å². The van der Waals surface area contributed by atoms with Crippen molar-refractivity contribution in [3.8, 4) is 11.5 Å². The van der Waals surface area contributed by atoms with Crippen molar-refractivity contribution in [2.45, 2.75) is 18.4 Å². The molecule has 2 aliphatic rings. The zero-order valence-electron chi connectivity index (χ0n) is 13.5. The maximum absolute atomic E-state index is 12.1. The average molecular weight is 353 g/mol. The highest BCUT2D eigenvalue weighted by molar-refractivity contribution is 6.28. The fourth-order valence-corrected chi connectivity index (χ4v) is 3.23. The molecule has 132 valence electrons. The van der Waals surface area contributed by atoms with Crippen molar-refractivity contribution in [3.63, 3.8) is 0 Å². The molecular formula is C19H15NO6. The molecule has 26 heavy (non-hydrogen) atoms. The van der Waals surface area contributed by atoms with Gasteiger partial charge in [0.1, 0.15) is 22.8 Å². The number of hydrogen-bond donors (Lipinski definition) is 4. The van der Waals surface area contributed by atoms with Crippen LogP contribution >= 0.6 is 0 Å². The first-order valence-corrected chi connectivity index (χ1v) is 8.01. The number of ether oxygens (including phenoxy) is 1. The number of hydrogen-bond acceptors (Lipinski definition) is 5. The standard InChI is InChI=1S/C19H15NO6/c21-12-2-1-3-13-14(12)15(17(23)26-13)16(22)10-4-6-11(7-5-10)19(8-9-19)20-18(24)25/h1-7,20-22H,8-9H2,(H,24,25). The van der Waals surface area contributed by atoms with Gasteiger partial charge in [-0.25, -0.2) is 9.59 Å². The molecule has 2 aromatic rings. The Balaban J connectivity index is 1.72. The molecule has 1 aliphatic carbocycles. The zero-order valence-corrected chi connectivity index (χ0v) is 13.5. The molecule has 0 bridgehead atoms. The van der Waals surface area contributed by atoms with Crippen LogP contribution in [-0.4, -0.2) is 27.4 Å². The minimum Gasteiger partial charge on any atom is -0.507 e. The van der Waals surface area contributed by atoms with Crippen molar-refractivity contribution in [2.24, 2.45) is 0 Å². The molecule has 7 heteroatoms. The summed E-state index contributed by atoms with van der Waals surface area (Å²) in [5.41, 5.74) is 0.632. The number of benzene rings is 2. The number of carbonyl (C=O) groups excluding carboxylic acids is 1. The summed E-state index contributed by atoms with van der Waals surface area (Å²) in [6.45, 7) is 0. The predicted octanol–water partition coefficient (Wildman–Crippen LogP) is 2.99. The van der Waals surface area contributed by atoms with Crippen molar-refractivity contribution in [1.82, 2.24) is 5.32 Å². The van der Waals surface area contributed by atoms with E-state index in [0.29, 0.717) is 18.4 Å². The SMILES string of the molecule is O=C(O)NC1(c2ccc(C(O)=C3C(=O)Oc4cccc(O)c43)cc2)CC1. The number of phenols is 1. The first-order valence-electron chi connectivity index (χ1n) is 8.01. The van der Waals surface area contributed by atoms with Crippen LogP contribution < -0.4 is 10.1 Å². The molecule has 0 unspecified atom stereocenters. The van der Waals surface area contributed by atoms with E-state index in [2.05, 4.69) is 5.32 Å². The normalized spacial score (nSPS) is 18.7. The fourth-order valence-electron chi connectivity index (χ4n) is 3.23. The number of esters is 1. The molecule has 0 spiro atoms. The van der Waals surface area contributed by atoms with Crippen molar-refractivity contribution < 1.29 is 29.6 Å². The van der Waals surface area contributed by atoms with E-state index >= 15 is 0 Å². The Morgan fingerprint density at radius 2 is 1.77 bits per heavy atom. The number of carbonyl (C=O) groups is 2. The lowest BCUT2D eigenvalue weighted by molar-refractivity contribution is -0.127. The van der Waals surface area contributed by atoms with Gasteiger partial charge in [0.2, 0.25) is 0 Å². The number of aromatic hydroxyl groups is 1. The molecule has 7 nitrogen and oxygen atoms in total. The number of aliphatic hydroxyl groups is 1. The Morgan fingerprint density at radius 3 is 2.38 bits per heavy atom. The Hall–Kier alpha value is -3.48. The van der Waals surface area contributed by atoms with Crippen LogP contribution in [0.3, 0.4) is 0 Å². The molecule has 4 rings (SSSR count). The fraction of sp³-hybridized carbons (Fsp3) is 0.158. The second kappa shape index (κ2) is 5.52. The highest BCUT2D eigenvalue weighted by Gasteiger charge is 2.45. The second-order valence-electron chi connectivity index (χ2n) is 6.35. The summed E-state index contributed by atoms with van der Waals surface area (Å²) in [4.78, 5) is 23.1. The maximum atomic E-state index is 12.1. The molecule has 0 saturated heterocycles. The van der Waals surface area contributed by atoms with Crippen molar-refractivity contribution in [2.75, 3.05) is 0 Å². The highest BCUT2D eigenvalue weighted by atomic mass is 16.5. The Kier molecular flexibility index (Phi) is 3.40. The van der Waals surface area contributed by atoms with Crippen LogP contribution in [0.25, 0.3) is 11.3 Å². The van der Waals surface area contributed by atoms with E-state index in [1.54, 1.807) is 30.3 Å². The Bertz CT molecular complexity index is 956. The number of carboxylic acid groups (broad SMARTS) is 1. The monoisotopic (exact) mass is 353 g/mol. The largest absolute Gasteiger partial charge is 0.507 e. The van der Waals surface area contributed by atoms with Gasteiger partial charge < -0.3 is 25.4 Å². The van der Waals surface area contributed by atoms with Gasteiger partial charge in [-0.3, -0.25) is 0 Å². The second-order valence-corrected chi connectivity index (χ2v) is 6.35. The van der Waals surface area contributed by atoms with Gasteiger partial charge in [-0.2, -0.15) is 0 Å². The van der Waals surface area contributed by atoms with Gasteiger partial charge in [0.05, 0.1) is 11.1 Å². The Labute approximate surface area is 148 Å². The molecule has 0 aromatic heterocycles. The molecule has 1 fully saturated rings. The van der Waals surface area contributed by atoms with Crippen molar-refractivity contribution in [1.29, 1.82) is 0 Å². The van der Waals surface area contributed by atoms with Crippen molar-refractivity contribution >= 4 is 23.4 Å². The number of fused-ring (bicyclic) bond motifs is 1. The summed E-state index contributed by atoms with van der Waals surface area (Å²) < 4.78 is 5.08. The minimum atomic E-state index is -1.09. The molecule has 0 radical (unpaired) electrons. The lowest BCUT2D eigenvalue weighted by Crippen LogP contribution is -2.33. The zero-order chi connectivity index (χ0) is 18.5. The van der Waals surface area contributed by atoms with Crippen LogP contribution in [0.1, 0.15) is 29.5 Å². The number of phenolic OH excluding ortho intramolecular Hbond substituents is 1. The van der Waals surface area contributed by atoms with Gasteiger partial charge >= 0.3 is 12.1 Å². The summed E-state index contributed by atoms with van der Waals surface area (Å²) in [5, 5.41) is 32.1. The van der Waals surface area contributed by atoms with E-state index in [1.165, 1.54) is 12.1 Å². The van der Waals surface area contributed by atoms with E-state index in [-0.39, 0.29) is 28.4 Å². The minimum absolute atomic E-state index is 0.101. The average Bonchev–Trinajstić information content (AvgIpc) is 3.29. The number of rotatable bonds is 3. The molecule has 1 heterocycles. The number of amides is 1. The maximum Gasteiger partial charge on any atom is 0.405 e. The van der Waals surface area contributed by atoms with E-state index in [4.69, 9.17) is 9.84 Å². The van der Waals surface area contributed by atoms with Gasteiger partial charge in [0, 0.05) is 5.56 Å². The third-order valence-corrected chi connectivity index (χ3v) is 4.70. The molecule has 2 aromatic carbocycles. The molecule has 1 saturated carbocycles. The molecule has 0 atom stereocenters. The topological polar surface area (TPSA) is 116 Å². The summed E-state index contributed by atoms with van der Waals surface area (Å²) in [5.74, 6) is -1.02. The molecular weight excluding hydrogens is 338 g/mol. The van der Waals surface area contributed by atoms with Crippen LogP contribution in [0.5, 0.6) is 11.5 Å². The van der Waals surface area contributed by atoms with E-state index < -0.39 is 17.6 Å². The summed E-state index contributed by atoms with van der Waals surface area (Å²) >= 11 is 0. The van der Waals surface area contributed by atoms with Gasteiger partial charge in [-0.15, -0.1) is 0 Å². The van der Waals surface area contributed by atoms with Gasteiger partial charge in [0.15, 0.2) is 0 Å². The third-order valence-electron chi connectivity index (χ3n) is 4.70. The predicted molar refractivity (Wildman–Crippen MR) is 91.7 cm³/mol. The van der Waals surface area contributed by atoms with Gasteiger partial charge in [0.25, 0.3) is 0 Å². The van der Waals surface area contributed by atoms with Crippen LogP contribution in [0, 0.1) is 0 Å². The highest BCUT2D eigenvalue weighted by Crippen LogP contribution is 2.46. The summed E-state index contributed by atoms with van der Waals surface area (Å²) in [6.07, 6.45) is 0.329. The molecule has 1 amide bonds. The lowest BCUT2D eigenvalue weighted by Gasteiger charge is -2.16. The molecule has 4 N–H and O–H groups in total. The summed E-state index contributed by atoms with van der Waals surface area (Å²) in [7, 11) is 0. The van der Waals surface area contributed by atoms with Gasteiger partial charge in [-0.05, 0) is 30.5 Å². The smallest absolute Gasteiger partial charge is 0.405 e. The first kappa shape index (κ1) is 16.0. The lowest BCUT2D eigenvalue weighted by atomic mass is 9.98. The van der Waals surface area contributed by atoms with Gasteiger partial charge in [-0.1, -0.05) is 30.3 Å². The molecule has 1 aliphatic heterocycles. The van der Waals surface area contributed by atoms with Crippen LogP contribution in [-0.2, 0) is 10.3 Å². The van der Waals surface area contributed by atoms with Crippen LogP contribution in [0.15, 0.2) is 42.5 Å². The van der Waals surface area contributed by atoms with E-state index in [9.17, 15) is 19.8 Å². The number of aliphatic hydroxyl groups excluding tert-OH is 1. The summed E-state index contributed by atoms with van der Waals surface area (Å²) in [6, 6.07) is 11.1. The van der Waals surface area contributed by atoms with Crippen LogP contribution in [0.4, 0.5) is 4.79 Å². The first-order chi connectivity index (χ1) is 12.4. The van der Waals surface area contributed by atoms with Crippen LogP contribution in [0.2, 0.25) is 0 Å². The van der Waals surface area contributed by atoms with Crippen molar-refractivity contribution in [3.05, 3.63) is 59.2 Å². The van der Waals surface area contributed by atoms with E-state index in [1.807, 2.05) is 0 Å². The number of nitrogens with one attached hydrogen (secondary N) is 1. The third kappa shape index (κ3) is 2.45. The quantitative estimate of drug-likeness (QED) is 0.292. The Morgan fingerprint density at radius 1 is 1.08 bits per heavy atom.